The molecular formula is C9H12N2O4. The monoisotopic (exact) mass is 212 g/mol. The molecule has 6 heteroatoms. The molecule has 1 rings (SSSR count). The fraction of sp³-hybridized carbons (Fsp3) is 0.444. The van der Waals surface area contributed by atoms with Crippen LogP contribution in [0.2, 0.25) is 0 Å². The van der Waals surface area contributed by atoms with E-state index in [2.05, 4.69) is 14.7 Å². The number of methoxy groups -OCH3 is 1. The highest BCUT2D eigenvalue weighted by atomic mass is 16.6. The lowest BCUT2D eigenvalue weighted by Gasteiger charge is -2.12. The fourth-order valence-electron chi connectivity index (χ4n) is 0.911. The molecule has 1 aromatic rings. The Kier molecular flexibility index (Phi) is 3.43. The standard InChI is InChI=1S/C9H12N2O4/c1-5(9(13)14-3)15-8-7(12)4-10-6(2)11-8/h4-5,12H,1-3H3. The number of carbonyl (C=O) groups is 1. The van der Waals surface area contributed by atoms with Gasteiger partial charge in [-0.05, 0) is 13.8 Å². The van der Waals surface area contributed by atoms with Crippen molar-refractivity contribution < 1.29 is 19.4 Å². The van der Waals surface area contributed by atoms with Crippen molar-refractivity contribution >= 4 is 5.97 Å². The van der Waals surface area contributed by atoms with E-state index in [1.54, 1.807) is 6.92 Å². The van der Waals surface area contributed by atoms with Crippen molar-refractivity contribution in [1.82, 2.24) is 9.97 Å². The van der Waals surface area contributed by atoms with Gasteiger partial charge in [0.25, 0.3) is 5.88 Å². The van der Waals surface area contributed by atoms with Gasteiger partial charge in [-0.2, -0.15) is 4.98 Å². The van der Waals surface area contributed by atoms with Crippen LogP contribution in [0, 0.1) is 6.92 Å². The first-order valence-corrected chi connectivity index (χ1v) is 4.31. The number of aromatic nitrogens is 2. The summed E-state index contributed by atoms with van der Waals surface area (Å²) in [5.74, 6) is -0.331. The molecule has 0 amide bonds. The van der Waals surface area contributed by atoms with Crippen LogP contribution >= 0.6 is 0 Å². The van der Waals surface area contributed by atoms with Crippen molar-refractivity contribution in [1.29, 1.82) is 0 Å². The molecule has 0 aromatic carbocycles. The van der Waals surface area contributed by atoms with Crippen LogP contribution in [0.25, 0.3) is 0 Å². The maximum absolute atomic E-state index is 11.0. The number of esters is 1. The van der Waals surface area contributed by atoms with E-state index in [-0.39, 0.29) is 11.6 Å². The maximum atomic E-state index is 11.0. The van der Waals surface area contributed by atoms with Gasteiger partial charge in [-0.25, -0.2) is 9.78 Å². The third-order valence-corrected chi connectivity index (χ3v) is 1.68. The summed E-state index contributed by atoms with van der Waals surface area (Å²) in [7, 11) is 1.26. The number of aryl methyl sites for hydroxylation is 1. The van der Waals surface area contributed by atoms with Gasteiger partial charge in [-0.3, -0.25) is 0 Å². The van der Waals surface area contributed by atoms with Crippen molar-refractivity contribution in [3.63, 3.8) is 0 Å². The van der Waals surface area contributed by atoms with Crippen LogP contribution in [0.3, 0.4) is 0 Å². The summed E-state index contributed by atoms with van der Waals surface area (Å²) in [4.78, 5) is 18.6. The van der Waals surface area contributed by atoms with Gasteiger partial charge in [-0.1, -0.05) is 0 Å². The molecular weight excluding hydrogens is 200 g/mol. The molecule has 0 saturated heterocycles. The highest BCUT2D eigenvalue weighted by molar-refractivity contribution is 5.74. The van der Waals surface area contributed by atoms with Crippen LogP contribution < -0.4 is 4.74 Å². The van der Waals surface area contributed by atoms with E-state index in [0.717, 1.165) is 0 Å². The summed E-state index contributed by atoms with van der Waals surface area (Å²) in [6.45, 7) is 3.15. The molecule has 6 nitrogen and oxygen atoms in total. The molecule has 1 heterocycles. The molecule has 0 aliphatic carbocycles. The minimum absolute atomic E-state index is 0.0274. The van der Waals surface area contributed by atoms with Gasteiger partial charge in [-0.15, -0.1) is 0 Å². The maximum Gasteiger partial charge on any atom is 0.346 e. The smallest absolute Gasteiger partial charge is 0.346 e. The number of nitrogens with zero attached hydrogens (tertiary/aromatic N) is 2. The van der Waals surface area contributed by atoms with Gasteiger partial charge >= 0.3 is 5.97 Å². The van der Waals surface area contributed by atoms with E-state index < -0.39 is 12.1 Å². The van der Waals surface area contributed by atoms with Gasteiger partial charge in [0, 0.05) is 0 Å². The van der Waals surface area contributed by atoms with Gasteiger partial charge in [0.2, 0.25) is 0 Å². The van der Waals surface area contributed by atoms with Gasteiger partial charge in [0.05, 0.1) is 13.3 Å². The van der Waals surface area contributed by atoms with E-state index in [1.807, 2.05) is 0 Å². The molecule has 1 N–H and O–H groups in total. The van der Waals surface area contributed by atoms with Gasteiger partial charge in [0.15, 0.2) is 11.9 Å². The average Bonchev–Trinajstić information content (AvgIpc) is 2.22. The van der Waals surface area contributed by atoms with E-state index >= 15 is 0 Å². The van der Waals surface area contributed by atoms with Gasteiger partial charge < -0.3 is 14.6 Å². The van der Waals surface area contributed by atoms with Crippen molar-refractivity contribution in [2.24, 2.45) is 0 Å². The first-order chi connectivity index (χ1) is 7.04. The zero-order chi connectivity index (χ0) is 11.4. The van der Waals surface area contributed by atoms with Crippen molar-refractivity contribution in [3.05, 3.63) is 12.0 Å². The lowest BCUT2D eigenvalue weighted by atomic mass is 10.4. The third kappa shape index (κ3) is 2.80. The second-order valence-corrected chi connectivity index (χ2v) is 2.89. The molecule has 0 spiro atoms. The van der Waals surface area contributed by atoms with Crippen molar-refractivity contribution in [2.45, 2.75) is 20.0 Å². The van der Waals surface area contributed by atoms with Crippen LogP contribution in [0.1, 0.15) is 12.7 Å². The highest BCUT2D eigenvalue weighted by Gasteiger charge is 2.17. The summed E-state index contributed by atoms with van der Waals surface area (Å²) < 4.78 is 9.57. The zero-order valence-electron chi connectivity index (χ0n) is 8.72. The molecule has 0 radical (unpaired) electrons. The van der Waals surface area contributed by atoms with Crippen LogP contribution in [0.4, 0.5) is 0 Å². The molecule has 1 unspecified atom stereocenters. The topological polar surface area (TPSA) is 81.5 Å². The van der Waals surface area contributed by atoms with Crippen LogP contribution in [-0.2, 0) is 9.53 Å². The summed E-state index contributed by atoms with van der Waals surface area (Å²) >= 11 is 0. The van der Waals surface area contributed by atoms with Crippen LogP contribution in [0.5, 0.6) is 11.6 Å². The molecule has 0 aliphatic heterocycles. The molecule has 1 atom stereocenters. The third-order valence-electron chi connectivity index (χ3n) is 1.68. The van der Waals surface area contributed by atoms with Crippen molar-refractivity contribution in [2.75, 3.05) is 7.11 Å². The second kappa shape index (κ2) is 4.59. The predicted octanol–water partition coefficient (Wildman–Crippen LogP) is 0.431. The summed E-state index contributed by atoms with van der Waals surface area (Å²) in [5, 5.41) is 9.34. The number of hydrogen-bond donors (Lipinski definition) is 1. The van der Waals surface area contributed by atoms with Crippen molar-refractivity contribution in [3.8, 4) is 11.6 Å². The Hall–Kier alpha value is -1.85. The molecule has 0 aliphatic rings. The Balaban J connectivity index is 2.80. The number of rotatable bonds is 3. The lowest BCUT2D eigenvalue weighted by Crippen LogP contribution is -2.25. The summed E-state index contributed by atoms with van der Waals surface area (Å²) in [6, 6.07) is 0. The van der Waals surface area contributed by atoms with Crippen LogP contribution in [-0.4, -0.2) is 34.3 Å². The molecule has 1 aromatic heterocycles. The Morgan fingerprint density at radius 2 is 2.27 bits per heavy atom. The molecule has 15 heavy (non-hydrogen) atoms. The lowest BCUT2D eigenvalue weighted by molar-refractivity contribution is -0.148. The largest absolute Gasteiger partial charge is 0.502 e. The Labute approximate surface area is 86.9 Å². The van der Waals surface area contributed by atoms with Crippen LogP contribution in [0.15, 0.2) is 6.20 Å². The Bertz CT molecular complexity index is 367. The minimum Gasteiger partial charge on any atom is -0.502 e. The van der Waals surface area contributed by atoms with E-state index in [4.69, 9.17) is 4.74 Å². The Morgan fingerprint density at radius 3 is 2.87 bits per heavy atom. The summed E-state index contributed by atoms with van der Waals surface area (Å²) in [5.41, 5.74) is 0. The van der Waals surface area contributed by atoms with E-state index in [0.29, 0.717) is 5.82 Å². The van der Waals surface area contributed by atoms with E-state index in [1.165, 1.54) is 20.2 Å². The molecule has 0 fully saturated rings. The quantitative estimate of drug-likeness (QED) is 0.732. The highest BCUT2D eigenvalue weighted by Crippen LogP contribution is 2.22. The first-order valence-electron chi connectivity index (χ1n) is 4.31. The number of aromatic hydroxyl groups is 1. The number of hydrogen-bond acceptors (Lipinski definition) is 6. The SMILES string of the molecule is COC(=O)C(C)Oc1nc(C)ncc1O. The molecule has 0 saturated carbocycles. The van der Waals surface area contributed by atoms with Gasteiger partial charge in [0.1, 0.15) is 5.82 Å². The number of carbonyl (C=O) groups excluding carboxylic acids is 1. The molecule has 0 bridgehead atoms. The normalized spacial score (nSPS) is 11.9. The minimum atomic E-state index is -0.824. The zero-order valence-corrected chi connectivity index (χ0v) is 8.72. The first kappa shape index (κ1) is 11.2. The second-order valence-electron chi connectivity index (χ2n) is 2.89. The number of ether oxygens (including phenoxy) is 2. The fourth-order valence-corrected chi connectivity index (χ4v) is 0.911. The van der Waals surface area contributed by atoms with E-state index in [9.17, 15) is 9.90 Å². The average molecular weight is 212 g/mol. The molecule has 82 valence electrons. The Morgan fingerprint density at radius 1 is 1.60 bits per heavy atom. The predicted molar refractivity (Wildman–Crippen MR) is 50.5 cm³/mol. The summed E-state index contributed by atoms with van der Waals surface area (Å²) in [6.07, 6.45) is 0.386.